The molecule has 0 radical (unpaired) electrons. The summed E-state index contributed by atoms with van der Waals surface area (Å²) in [5.74, 6) is -0.107. The zero-order chi connectivity index (χ0) is 14.4. The average molecular weight is 278 g/mol. The molecule has 1 fully saturated rings. The number of hydrogen-bond donors (Lipinski definition) is 1. The van der Waals surface area contributed by atoms with Gasteiger partial charge in [0.05, 0.1) is 19.8 Å². The molecule has 0 aliphatic carbocycles. The molecule has 1 heterocycles. The fourth-order valence-electron chi connectivity index (χ4n) is 2.16. The molecule has 0 aromatic heterocycles. The minimum absolute atomic E-state index is 0.107. The lowest BCUT2D eigenvalue weighted by molar-refractivity contribution is -0.147. The molecule has 1 N–H and O–H groups in total. The molecule has 5 nitrogen and oxygen atoms in total. The Hall–Kier alpha value is -1.43. The van der Waals surface area contributed by atoms with Crippen molar-refractivity contribution >= 4 is 5.91 Å². The summed E-state index contributed by atoms with van der Waals surface area (Å²) in [5, 5.41) is 2.92. The van der Waals surface area contributed by atoms with Crippen molar-refractivity contribution in [3.63, 3.8) is 0 Å². The van der Waals surface area contributed by atoms with Gasteiger partial charge in [-0.05, 0) is 25.2 Å². The molecule has 1 aliphatic heterocycles. The molecule has 5 heteroatoms. The van der Waals surface area contributed by atoms with Crippen LogP contribution >= 0.6 is 0 Å². The topological polar surface area (TPSA) is 50.8 Å². The van der Waals surface area contributed by atoms with Crippen molar-refractivity contribution in [2.45, 2.75) is 19.2 Å². The number of ether oxygens (including phenoxy) is 2. The summed E-state index contributed by atoms with van der Waals surface area (Å²) in [7, 11) is 4.06. The van der Waals surface area contributed by atoms with Crippen molar-refractivity contribution in [1.29, 1.82) is 0 Å². The van der Waals surface area contributed by atoms with Gasteiger partial charge in [-0.15, -0.1) is 0 Å². The number of carbonyl (C=O) groups excluding carboxylic acids is 1. The van der Waals surface area contributed by atoms with Gasteiger partial charge in [0.1, 0.15) is 0 Å². The first kappa shape index (κ1) is 15.0. The Labute approximate surface area is 119 Å². The van der Waals surface area contributed by atoms with Gasteiger partial charge < -0.3 is 19.7 Å². The van der Waals surface area contributed by atoms with Gasteiger partial charge in [0.15, 0.2) is 6.10 Å². The second-order valence-corrected chi connectivity index (χ2v) is 5.16. The normalized spacial score (nSPS) is 19.1. The highest BCUT2D eigenvalue weighted by molar-refractivity contribution is 5.81. The van der Waals surface area contributed by atoms with E-state index in [2.05, 4.69) is 16.3 Å². The zero-order valence-corrected chi connectivity index (χ0v) is 12.1. The van der Waals surface area contributed by atoms with Crippen LogP contribution in [-0.4, -0.2) is 50.8 Å². The van der Waals surface area contributed by atoms with Crippen molar-refractivity contribution in [3.8, 4) is 0 Å². The molecule has 1 aromatic carbocycles. The Morgan fingerprint density at radius 2 is 2.05 bits per heavy atom. The number of amides is 1. The molecule has 1 aromatic rings. The molecular weight excluding hydrogens is 256 g/mol. The smallest absolute Gasteiger partial charge is 0.251 e. The first-order chi connectivity index (χ1) is 9.66. The highest BCUT2D eigenvalue weighted by Crippen LogP contribution is 2.10. The monoisotopic (exact) mass is 278 g/mol. The molecule has 1 saturated heterocycles. The Morgan fingerprint density at radius 3 is 2.70 bits per heavy atom. The first-order valence-electron chi connectivity index (χ1n) is 6.85. The van der Waals surface area contributed by atoms with Gasteiger partial charge >= 0.3 is 0 Å². The van der Waals surface area contributed by atoms with Crippen molar-refractivity contribution in [2.24, 2.45) is 0 Å². The van der Waals surface area contributed by atoms with E-state index in [1.54, 1.807) is 0 Å². The average Bonchev–Trinajstić information content (AvgIpc) is 2.46. The van der Waals surface area contributed by atoms with Gasteiger partial charge in [-0.2, -0.15) is 0 Å². The second kappa shape index (κ2) is 7.38. The summed E-state index contributed by atoms with van der Waals surface area (Å²) in [4.78, 5) is 14.1. The summed E-state index contributed by atoms with van der Waals surface area (Å²) >= 11 is 0. The summed E-state index contributed by atoms with van der Waals surface area (Å²) in [6, 6.07) is 8.13. The van der Waals surface area contributed by atoms with E-state index in [-0.39, 0.29) is 5.91 Å². The van der Waals surface area contributed by atoms with Crippen molar-refractivity contribution in [1.82, 2.24) is 10.2 Å². The van der Waals surface area contributed by atoms with Crippen molar-refractivity contribution in [2.75, 3.05) is 33.9 Å². The standard InChI is InChI=1S/C15H22N2O3/c1-17(2)10-13-6-4-3-5-12(13)9-16-15(18)14-11-19-7-8-20-14/h3-6,14H,7-11H2,1-2H3,(H,16,18)/t14-/m1/s1. The predicted octanol–water partition coefficient (Wildman–Crippen LogP) is 0.780. The van der Waals surface area contributed by atoms with Gasteiger partial charge in [-0.1, -0.05) is 24.3 Å². The lowest BCUT2D eigenvalue weighted by Gasteiger charge is -2.22. The molecule has 1 atom stereocenters. The Bertz CT molecular complexity index is 442. The largest absolute Gasteiger partial charge is 0.376 e. The summed E-state index contributed by atoms with van der Waals surface area (Å²) < 4.78 is 10.6. The molecule has 2 rings (SSSR count). The molecule has 110 valence electrons. The highest BCUT2D eigenvalue weighted by atomic mass is 16.6. The van der Waals surface area contributed by atoms with Gasteiger partial charge in [0.2, 0.25) is 0 Å². The van der Waals surface area contributed by atoms with Crippen molar-refractivity contribution < 1.29 is 14.3 Å². The Morgan fingerprint density at radius 1 is 1.30 bits per heavy atom. The molecule has 1 aliphatic rings. The van der Waals surface area contributed by atoms with Gasteiger partial charge in [0, 0.05) is 13.1 Å². The van der Waals surface area contributed by atoms with E-state index in [1.807, 2.05) is 32.3 Å². The number of nitrogens with one attached hydrogen (secondary N) is 1. The molecule has 0 unspecified atom stereocenters. The number of hydrogen-bond acceptors (Lipinski definition) is 4. The van der Waals surface area contributed by atoms with Crippen LogP contribution < -0.4 is 5.32 Å². The maximum absolute atomic E-state index is 12.0. The Kier molecular flexibility index (Phi) is 5.52. The fourth-order valence-corrected chi connectivity index (χ4v) is 2.16. The number of benzene rings is 1. The maximum atomic E-state index is 12.0. The third kappa shape index (κ3) is 4.30. The van der Waals surface area contributed by atoms with Crippen LogP contribution in [0.15, 0.2) is 24.3 Å². The van der Waals surface area contributed by atoms with Crippen LogP contribution in [0.5, 0.6) is 0 Å². The van der Waals surface area contributed by atoms with Crippen LogP contribution in [0.4, 0.5) is 0 Å². The van der Waals surface area contributed by atoms with Crippen LogP contribution in [0.1, 0.15) is 11.1 Å². The number of nitrogens with zero attached hydrogens (tertiary/aromatic N) is 1. The van der Waals surface area contributed by atoms with E-state index >= 15 is 0 Å². The maximum Gasteiger partial charge on any atom is 0.251 e. The van der Waals surface area contributed by atoms with Crippen LogP contribution in [-0.2, 0) is 27.4 Å². The van der Waals surface area contributed by atoms with E-state index in [4.69, 9.17) is 9.47 Å². The van der Waals surface area contributed by atoms with E-state index in [1.165, 1.54) is 5.56 Å². The molecule has 20 heavy (non-hydrogen) atoms. The molecule has 0 bridgehead atoms. The minimum atomic E-state index is -0.482. The third-order valence-corrected chi connectivity index (χ3v) is 3.17. The van der Waals surface area contributed by atoms with Crippen molar-refractivity contribution in [3.05, 3.63) is 35.4 Å². The number of carbonyl (C=O) groups is 1. The first-order valence-corrected chi connectivity index (χ1v) is 6.85. The van der Waals surface area contributed by atoms with E-state index in [0.717, 1.165) is 12.1 Å². The summed E-state index contributed by atoms with van der Waals surface area (Å²) in [5.41, 5.74) is 2.35. The van der Waals surface area contributed by atoms with Crippen LogP contribution in [0, 0.1) is 0 Å². The van der Waals surface area contributed by atoms with Crippen LogP contribution in [0.2, 0.25) is 0 Å². The minimum Gasteiger partial charge on any atom is -0.376 e. The van der Waals surface area contributed by atoms with E-state index in [9.17, 15) is 4.79 Å². The Balaban J connectivity index is 1.91. The highest BCUT2D eigenvalue weighted by Gasteiger charge is 2.22. The van der Waals surface area contributed by atoms with Gasteiger partial charge in [-0.3, -0.25) is 4.79 Å². The third-order valence-electron chi connectivity index (χ3n) is 3.17. The van der Waals surface area contributed by atoms with Gasteiger partial charge in [0.25, 0.3) is 5.91 Å². The van der Waals surface area contributed by atoms with E-state index in [0.29, 0.717) is 26.4 Å². The van der Waals surface area contributed by atoms with E-state index < -0.39 is 6.10 Å². The number of rotatable bonds is 5. The summed E-state index contributed by atoms with van der Waals surface area (Å²) in [6.45, 7) is 2.76. The van der Waals surface area contributed by atoms with Crippen LogP contribution in [0.25, 0.3) is 0 Å². The quantitative estimate of drug-likeness (QED) is 0.865. The predicted molar refractivity (Wildman–Crippen MR) is 76.2 cm³/mol. The second-order valence-electron chi connectivity index (χ2n) is 5.16. The molecule has 1 amide bonds. The van der Waals surface area contributed by atoms with Gasteiger partial charge in [-0.25, -0.2) is 0 Å². The lowest BCUT2D eigenvalue weighted by Crippen LogP contribution is -2.42. The molecular formula is C15H22N2O3. The zero-order valence-electron chi connectivity index (χ0n) is 12.1. The molecule has 0 spiro atoms. The lowest BCUT2D eigenvalue weighted by atomic mass is 10.1. The fraction of sp³-hybridized carbons (Fsp3) is 0.533. The van der Waals surface area contributed by atoms with Crippen LogP contribution in [0.3, 0.4) is 0 Å². The molecule has 0 saturated carbocycles. The summed E-state index contributed by atoms with van der Waals surface area (Å²) in [6.07, 6.45) is -0.482. The SMILES string of the molecule is CN(C)Cc1ccccc1CNC(=O)[C@H]1COCCO1.